The van der Waals surface area contributed by atoms with Gasteiger partial charge in [0, 0.05) is 19.2 Å². The van der Waals surface area contributed by atoms with E-state index < -0.39 is 17.0 Å². The number of nitrogens with two attached hydrogens (primary N) is 1. The first-order chi connectivity index (χ1) is 9.47. The monoisotopic (exact) mass is 320 g/mol. The first-order valence-electron chi connectivity index (χ1n) is 6.90. The van der Waals surface area contributed by atoms with Crippen LogP contribution in [0.2, 0.25) is 0 Å². The second-order valence-corrected chi connectivity index (χ2v) is 4.98. The second-order valence-electron chi connectivity index (χ2n) is 4.98. The first-order valence-corrected chi connectivity index (χ1v) is 6.90. The van der Waals surface area contributed by atoms with Crippen LogP contribution in [0.3, 0.4) is 0 Å². The van der Waals surface area contributed by atoms with E-state index in [-0.39, 0.29) is 18.3 Å². The minimum atomic E-state index is -0.607. The lowest BCUT2D eigenvalue weighted by Gasteiger charge is -2.28. The highest BCUT2D eigenvalue weighted by molar-refractivity contribution is 5.85. The molecule has 3 nitrogen and oxygen atoms in total. The molecule has 1 aromatic rings. The number of halogens is 3. The number of nitrogens with one attached hydrogen (secondary N) is 1. The zero-order valence-electron chi connectivity index (χ0n) is 12.4. The number of carbonyl (C=O) groups excluding carboxylic acids is 1. The lowest BCUT2D eigenvalue weighted by Crippen LogP contribution is -2.45. The molecule has 0 aliphatic rings. The normalized spacial score (nSPS) is 10.9. The molecule has 0 unspecified atom stereocenters. The van der Waals surface area contributed by atoms with Crippen LogP contribution in [-0.2, 0) is 11.2 Å². The third-order valence-corrected chi connectivity index (χ3v) is 3.85. The van der Waals surface area contributed by atoms with Crippen LogP contribution < -0.4 is 11.1 Å². The Kier molecular flexibility index (Phi) is 8.44. The van der Waals surface area contributed by atoms with E-state index in [4.69, 9.17) is 5.73 Å². The van der Waals surface area contributed by atoms with Crippen molar-refractivity contribution in [3.05, 3.63) is 35.4 Å². The predicted octanol–water partition coefficient (Wildman–Crippen LogP) is 2.81. The molecule has 0 saturated heterocycles. The molecule has 0 heterocycles. The third kappa shape index (κ3) is 5.25. The SMILES string of the molecule is CCC(CC)(CN)C(=O)NCCc1cc(F)cc(F)c1.Cl. The number of hydrogen-bond acceptors (Lipinski definition) is 2. The van der Waals surface area contributed by atoms with Gasteiger partial charge in [0.25, 0.3) is 0 Å². The van der Waals surface area contributed by atoms with Gasteiger partial charge < -0.3 is 11.1 Å². The summed E-state index contributed by atoms with van der Waals surface area (Å²) in [6.07, 6.45) is 1.72. The van der Waals surface area contributed by atoms with Crippen molar-refractivity contribution in [2.24, 2.45) is 11.1 Å². The molecule has 3 N–H and O–H groups in total. The van der Waals surface area contributed by atoms with Crippen LogP contribution in [0, 0.1) is 17.0 Å². The van der Waals surface area contributed by atoms with Crippen LogP contribution in [-0.4, -0.2) is 19.0 Å². The minimum absolute atomic E-state index is 0. The quantitative estimate of drug-likeness (QED) is 0.811. The Morgan fingerprint density at radius 2 is 1.71 bits per heavy atom. The molecule has 0 aliphatic heterocycles. The summed E-state index contributed by atoms with van der Waals surface area (Å²) in [5.74, 6) is -1.31. The van der Waals surface area contributed by atoms with E-state index in [1.165, 1.54) is 12.1 Å². The lowest BCUT2D eigenvalue weighted by molar-refractivity contribution is -0.131. The van der Waals surface area contributed by atoms with Gasteiger partial charge in [-0.25, -0.2) is 8.78 Å². The van der Waals surface area contributed by atoms with E-state index in [2.05, 4.69) is 5.32 Å². The molecule has 1 rings (SSSR count). The Morgan fingerprint density at radius 1 is 1.19 bits per heavy atom. The van der Waals surface area contributed by atoms with Gasteiger partial charge in [-0.3, -0.25) is 4.79 Å². The van der Waals surface area contributed by atoms with Crippen LogP contribution in [0.4, 0.5) is 8.78 Å². The second kappa shape index (κ2) is 8.95. The fraction of sp³-hybridized carbons (Fsp3) is 0.533. The average molecular weight is 321 g/mol. The standard InChI is InChI=1S/C15H22F2N2O.ClH/c1-3-15(4-2,10-18)14(20)19-6-5-11-7-12(16)9-13(17)8-11;/h7-9H,3-6,10,18H2,1-2H3,(H,19,20);1H. The molecule has 0 atom stereocenters. The summed E-state index contributed by atoms with van der Waals surface area (Å²) in [6.45, 7) is 4.49. The number of rotatable bonds is 7. The van der Waals surface area contributed by atoms with Gasteiger partial charge >= 0.3 is 0 Å². The molecule has 0 fully saturated rings. The predicted molar refractivity (Wildman–Crippen MR) is 82.4 cm³/mol. The van der Waals surface area contributed by atoms with Gasteiger partial charge in [0.2, 0.25) is 5.91 Å². The molecule has 0 saturated carbocycles. The van der Waals surface area contributed by atoms with Crippen molar-refractivity contribution in [2.75, 3.05) is 13.1 Å². The van der Waals surface area contributed by atoms with Crippen molar-refractivity contribution in [1.29, 1.82) is 0 Å². The maximum atomic E-state index is 13.0. The van der Waals surface area contributed by atoms with Gasteiger partial charge in [-0.05, 0) is 37.0 Å². The largest absolute Gasteiger partial charge is 0.355 e. The van der Waals surface area contributed by atoms with Crippen LogP contribution in [0.1, 0.15) is 32.3 Å². The number of carbonyl (C=O) groups is 1. The number of benzene rings is 1. The van der Waals surface area contributed by atoms with Gasteiger partial charge in [-0.15, -0.1) is 12.4 Å². The Hall–Kier alpha value is -1.20. The molecule has 0 radical (unpaired) electrons. The van der Waals surface area contributed by atoms with Crippen molar-refractivity contribution in [3.63, 3.8) is 0 Å². The Balaban J connectivity index is 0.00000400. The summed E-state index contributed by atoms with van der Waals surface area (Å²) in [6, 6.07) is 3.37. The molecular formula is C15H23ClF2N2O. The van der Waals surface area contributed by atoms with Crippen LogP contribution in [0.15, 0.2) is 18.2 Å². The maximum Gasteiger partial charge on any atom is 0.227 e. The van der Waals surface area contributed by atoms with E-state index >= 15 is 0 Å². The molecule has 0 aromatic heterocycles. The van der Waals surface area contributed by atoms with Gasteiger partial charge in [0.15, 0.2) is 0 Å². The summed E-state index contributed by atoms with van der Waals surface area (Å²) >= 11 is 0. The Morgan fingerprint density at radius 3 is 2.14 bits per heavy atom. The molecule has 21 heavy (non-hydrogen) atoms. The first kappa shape index (κ1) is 19.8. The van der Waals surface area contributed by atoms with Gasteiger partial charge in [0.1, 0.15) is 11.6 Å². The van der Waals surface area contributed by atoms with Crippen molar-refractivity contribution in [2.45, 2.75) is 33.1 Å². The Labute approximate surface area is 130 Å². The summed E-state index contributed by atoms with van der Waals surface area (Å²) in [4.78, 5) is 12.1. The molecule has 0 aliphatic carbocycles. The smallest absolute Gasteiger partial charge is 0.227 e. The van der Waals surface area contributed by atoms with Crippen LogP contribution in [0.25, 0.3) is 0 Å². The fourth-order valence-corrected chi connectivity index (χ4v) is 2.22. The maximum absolute atomic E-state index is 13.0. The van der Waals surface area contributed by atoms with Crippen molar-refractivity contribution < 1.29 is 13.6 Å². The van der Waals surface area contributed by atoms with Gasteiger partial charge in [-0.2, -0.15) is 0 Å². The zero-order chi connectivity index (χ0) is 15.2. The summed E-state index contributed by atoms with van der Waals surface area (Å²) in [7, 11) is 0. The van der Waals surface area contributed by atoms with E-state index in [1.54, 1.807) is 0 Å². The molecule has 0 bridgehead atoms. The molecular weight excluding hydrogens is 298 g/mol. The van der Waals surface area contributed by atoms with Crippen LogP contribution >= 0.6 is 12.4 Å². The van der Waals surface area contributed by atoms with Crippen molar-refractivity contribution in [3.8, 4) is 0 Å². The molecule has 1 amide bonds. The highest BCUT2D eigenvalue weighted by Crippen LogP contribution is 2.24. The fourth-order valence-electron chi connectivity index (χ4n) is 2.22. The number of hydrogen-bond donors (Lipinski definition) is 2. The lowest BCUT2D eigenvalue weighted by atomic mass is 9.81. The third-order valence-electron chi connectivity index (χ3n) is 3.85. The highest BCUT2D eigenvalue weighted by Gasteiger charge is 2.32. The van der Waals surface area contributed by atoms with Crippen molar-refractivity contribution in [1.82, 2.24) is 5.32 Å². The number of amides is 1. The summed E-state index contributed by atoms with van der Waals surface area (Å²) < 4.78 is 26.0. The molecule has 6 heteroatoms. The van der Waals surface area contributed by atoms with E-state index in [0.717, 1.165) is 6.07 Å². The van der Waals surface area contributed by atoms with E-state index in [0.29, 0.717) is 37.9 Å². The van der Waals surface area contributed by atoms with E-state index in [1.807, 2.05) is 13.8 Å². The van der Waals surface area contributed by atoms with Gasteiger partial charge in [-0.1, -0.05) is 13.8 Å². The van der Waals surface area contributed by atoms with Crippen LogP contribution in [0.5, 0.6) is 0 Å². The summed E-state index contributed by atoms with van der Waals surface area (Å²) in [5, 5.41) is 2.80. The van der Waals surface area contributed by atoms with E-state index in [9.17, 15) is 13.6 Å². The molecule has 120 valence electrons. The molecule has 0 spiro atoms. The average Bonchev–Trinajstić information content (AvgIpc) is 2.40. The highest BCUT2D eigenvalue weighted by atomic mass is 35.5. The minimum Gasteiger partial charge on any atom is -0.355 e. The Bertz CT molecular complexity index is 436. The van der Waals surface area contributed by atoms with Gasteiger partial charge in [0.05, 0.1) is 5.41 Å². The molecule has 1 aromatic carbocycles. The summed E-state index contributed by atoms with van der Waals surface area (Å²) in [5.41, 5.74) is 5.67. The topological polar surface area (TPSA) is 55.1 Å². The van der Waals surface area contributed by atoms with Crippen molar-refractivity contribution >= 4 is 18.3 Å². The zero-order valence-corrected chi connectivity index (χ0v) is 13.2.